The third kappa shape index (κ3) is 5.84. The van der Waals surface area contributed by atoms with Crippen molar-refractivity contribution in [3.8, 4) is 11.1 Å². The molecule has 7 nitrogen and oxygen atoms in total. The van der Waals surface area contributed by atoms with E-state index in [1.807, 2.05) is 24.3 Å². The number of carboxylic acids is 1. The van der Waals surface area contributed by atoms with Gasteiger partial charge in [0.1, 0.15) is 6.61 Å². The van der Waals surface area contributed by atoms with E-state index in [0.29, 0.717) is 19.3 Å². The molecule has 2 aromatic rings. The average molecular weight is 479 g/mol. The number of hydrogen-bond acceptors (Lipinski definition) is 4. The lowest BCUT2D eigenvalue weighted by Crippen LogP contribution is -2.44. The second-order valence-corrected chi connectivity index (χ2v) is 9.56. The first-order valence-electron chi connectivity index (χ1n) is 12.6. The molecule has 0 radical (unpaired) electrons. The van der Waals surface area contributed by atoms with E-state index in [0.717, 1.165) is 30.4 Å². The summed E-state index contributed by atoms with van der Waals surface area (Å²) in [6.07, 6.45) is 4.06. The highest BCUT2D eigenvalue weighted by molar-refractivity contribution is 5.80. The van der Waals surface area contributed by atoms with Crippen LogP contribution >= 0.6 is 0 Å². The van der Waals surface area contributed by atoms with Gasteiger partial charge in [-0.2, -0.15) is 0 Å². The molecule has 3 atom stereocenters. The fourth-order valence-electron chi connectivity index (χ4n) is 5.40. The van der Waals surface area contributed by atoms with E-state index in [9.17, 15) is 19.5 Å². The molecule has 3 unspecified atom stereocenters. The summed E-state index contributed by atoms with van der Waals surface area (Å²) in [6.45, 7) is 2.27. The van der Waals surface area contributed by atoms with E-state index in [1.54, 1.807) is 0 Å². The molecular formula is C28H34N2O5. The summed E-state index contributed by atoms with van der Waals surface area (Å²) < 4.78 is 5.65. The van der Waals surface area contributed by atoms with Gasteiger partial charge in [0.2, 0.25) is 5.91 Å². The largest absolute Gasteiger partial charge is 0.481 e. The molecule has 2 amide bonds. The van der Waals surface area contributed by atoms with Crippen LogP contribution in [-0.4, -0.2) is 41.8 Å². The highest BCUT2D eigenvalue weighted by atomic mass is 16.5. The lowest BCUT2D eigenvalue weighted by atomic mass is 9.98. The molecule has 1 saturated carbocycles. The number of amides is 2. The topological polar surface area (TPSA) is 105 Å². The van der Waals surface area contributed by atoms with Crippen molar-refractivity contribution in [2.45, 2.75) is 69.9 Å². The van der Waals surface area contributed by atoms with E-state index < -0.39 is 18.0 Å². The Labute approximate surface area is 206 Å². The Hall–Kier alpha value is -3.35. The predicted octanol–water partition coefficient (Wildman–Crippen LogP) is 4.84. The second-order valence-electron chi connectivity index (χ2n) is 9.56. The molecule has 1 fully saturated rings. The maximum Gasteiger partial charge on any atom is 0.407 e. The standard InChI is InChI=1S/C28H34N2O5/c1-2-3-9-18(16-26(31)30-25-15-8-14-23(25)27(32)33)29-28(34)35-17-24-21-12-6-4-10-19(21)20-11-5-7-13-22(20)24/h4-7,10-13,18,23-25H,2-3,8-9,14-17H2,1H3,(H,29,34)(H,30,31)(H,32,33). The summed E-state index contributed by atoms with van der Waals surface area (Å²) in [7, 11) is 0. The SMILES string of the molecule is CCCCC(CC(=O)NC1CCCC1C(=O)O)NC(=O)OCC1c2ccccc2-c2ccccc21. The summed E-state index contributed by atoms with van der Waals surface area (Å²) in [5.41, 5.74) is 4.63. The molecule has 186 valence electrons. The smallest absolute Gasteiger partial charge is 0.407 e. The Balaban J connectivity index is 1.34. The van der Waals surface area contributed by atoms with Crippen LogP contribution < -0.4 is 10.6 Å². The van der Waals surface area contributed by atoms with Crippen molar-refractivity contribution in [3.63, 3.8) is 0 Å². The zero-order valence-electron chi connectivity index (χ0n) is 20.2. The number of aliphatic carboxylic acids is 1. The number of fused-ring (bicyclic) bond motifs is 3. The first kappa shape index (κ1) is 24.8. The minimum atomic E-state index is -0.868. The Morgan fingerprint density at radius 1 is 1.03 bits per heavy atom. The number of nitrogens with one attached hydrogen (secondary N) is 2. The van der Waals surface area contributed by atoms with Crippen LogP contribution in [0.25, 0.3) is 11.1 Å². The van der Waals surface area contributed by atoms with Gasteiger partial charge in [0.25, 0.3) is 0 Å². The second kappa shape index (κ2) is 11.4. The van der Waals surface area contributed by atoms with Gasteiger partial charge < -0.3 is 20.5 Å². The molecule has 2 aliphatic carbocycles. The predicted molar refractivity (Wildman–Crippen MR) is 133 cm³/mol. The van der Waals surface area contributed by atoms with Crippen LogP contribution in [0.4, 0.5) is 4.79 Å². The number of ether oxygens (including phenoxy) is 1. The van der Waals surface area contributed by atoms with E-state index in [1.165, 1.54) is 11.1 Å². The summed E-state index contributed by atoms with van der Waals surface area (Å²) >= 11 is 0. The quantitative estimate of drug-likeness (QED) is 0.453. The maximum absolute atomic E-state index is 12.7. The maximum atomic E-state index is 12.7. The molecule has 3 N–H and O–H groups in total. The zero-order valence-corrected chi connectivity index (χ0v) is 20.2. The van der Waals surface area contributed by atoms with E-state index in [4.69, 9.17) is 4.74 Å². The number of benzene rings is 2. The molecular weight excluding hydrogens is 444 g/mol. The van der Waals surface area contributed by atoms with Crippen LogP contribution in [0.1, 0.15) is 68.9 Å². The minimum Gasteiger partial charge on any atom is -0.481 e. The number of unbranched alkanes of at least 4 members (excludes halogenated alkanes) is 1. The van der Waals surface area contributed by atoms with Crippen molar-refractivity contribution in [1.29, 1.82) is 0 Å². The molecule has 2 aliphatic rings. The van der Waals surface area contributed by atoms with Gasteiger partial charge in [0.05, 0.1) is 5.92 Å². The van der Waals surface area contributed by atoms with Gasteiger partial charge in [0.15, 0.2) is 0 Å². The molecule has 0 saturated heterocycles. The van der Waals surface area contributed by atoms with E-state index >= 15 is 0 Å². The van der Waals surface area contributed by atoms with Crippen LogP contribution in [-0.2, 0) is 14.3 Å². The normalized spacial score (nSPS) is 19.5. The number of carboxylic acid groups (broad SMARTS) is 1. The third-order valence-corrected chi connectivity index (χ3v) is 7.18. The van der Waals surface area contributed by atoms with Gasteiger partial charge in [-0.15, -0.1) is 0 Å². The number of carbonyl (C=O) groups is 3. The number of hydrogen-bond donors (Lipinski definition) is 3. The molecule has 7 heteroatoms. The van der Waals surface area contributed by atoms with Gasteiger partial charge in [-0.05, 0) is 41.5 Å². The van der Waals surface area contributed by atoms with Gasteiger partial charge in [-0.25, -0.2) is 4.79 Å². The van der Waals surface area contributed by atoms with Crippen molar-refractivity contribution < 1.29 is 24.2 Å². The number of rotatable bonds is 10. The highest BCUT2D eigenvalue weighted by Crippen LogP contribution is 2.44. The van der Waals surface area contributed by atoms with Crippen LogP contribution in [0.15, 0.2) is 48.5 Å². The summed E-state index contributed by atoms with van der Waals surface area (Å²) in [5, 5.41) is 15.1. The summed E-state index contributed by atoms with van der Waals surface area (Å²) in [6, 6.07) is 15.6. The molecule has 2 aromatic carbocycles. The molecule has 4 rings (SSSR count). The van der Waals surface area contributed by atoms with Crippen molar-refractivity contribution in [1.82, 2.24) is 10.6 Å². The molecule has 0 spiro atoms. The third-order valence-electron chi connectivity index (χ3n) is 7.18. The molecule has 35 heavy (non-hydrogen) atoms. The monoisotopic (exact) mass is 478 g/mol. The fourth-order valence-corrected chi connectivity index (χ4v) is 5.40. The van der Waals surface area contributed by atoms with Crippen molar-refractivity contribution in [2.75, 3.05) is 6.61 Å². The van der Waals surface area contributed by atoms with Crippen LogP contribution in [0.5, 0.6) is 0 Å². The van der Waals surface area contributed by atoms with Gasteiger partial charge in [0, 0.05) is 24.4 Å². The van der Waals surface area contributed by atoms with Crippen LogP contribution in [0.3, 0.4) is 0 Å². The molecule has 0 aromatic heterocycles. The Bertz CT molecular complexity index is 1020. The Kier molecular flexibility index (Phi) is 8.06. The first-order chi connectivity index (χ1) is 17.0. The van der Waals surface area contributed by atoms with E-state index in [2.05, 4.69) is 41.8 Å². The molecule has 0 heterocycles. The Morgan fingerprint density at radius 3 is 2.31 bits per heavy atom. The number of alkyl carbamates (subject to hydrolysis) is 1. The van der Waals surface area contributed by atoms with Gasteiger partial charge in [-0.3, -0.25) is 9.59 Å². The first-order valence-corrected chi connectivity index (χ1v) is 12.6. The fraction of sp³-hybridized carbons (Fsp3) is 0.464. The van der Waals surface area contributed by atoms with Crippen molar-refractivity contribution in [3.05, 3.63) is 59.7 Å². The van der Waals surface area contributed by atoms with Gasteiger partial charge >= 0.3 is 12.1 Å². The number of carbonyl (C=O) groups excluding carboxylic acids is 2. The zero-order chi connectivity index (χ0) is 24.8. The van der Waals surface area contributed by atoms with Crippen molar-refractivity contribution in [2.24, 2.45) is 5.92 Å². The minimum absolute atomic E-state index is 0.0270. The summed E-state index contributed by atoms with van der Waals surface area (Å²) in [4.78, 5) is 36.8. The van der Waals surface area contributed by atoms with Crippen LogP contribution in [0, 0.1) is 5.92 Å². The van der Waals surface area contributed by atoms with Crippen LogP contribution in [0.2, 0.25) is 0 Å². The highest BCUT2D eigenvalue weighted by Gasteiger charge is 2.34. The van der Waals surface area contributed by atoms with E-state index in [-0.39, 0.29) is 36.9 Å². The summed E-state index contributed by atoms with van der Waals surface area (Å²) in [5.74, 6) is -1.67. The lowest BCUT2D eigenvalue weighted by molar-refractivity contribution is -0.142. The van der Waals surface area contributed by atoms with Crippen molar-refractivity contribution >= 4 is 18.0 Å². The lowest BCUT2D eigenvalue weighted by Gasteiger charge is -2.22. The molecule has 0 aliphatic heterocycles. The Morgan fingerprint density at radius 2 is 1.69 bits per heavy atom. The molecule has 0 bridgehead atoms. The average Bonchev–Trinajstić information content (AvgIpc) is 3.44. The van der Waals surface area contributed by atoms with Gasteiger partial charge in [-0.1, -0.05) is 74.7 Å².